The van der Waals surface area contributed by atoms with E-state index >= 15 is 0 Å². The van der Waals surface area contributed by atoms with E-state index in [0.717, 1.165) is 18.0 Å². The van der Waals surface area contributed by atoms with Crippen LogP contribution in [0, 0.1) is 11.3 Å². The van der Waals surface area contributed by atoms with Crippen molar-refractivity contribution in [1.29, 1.82) is 0 Å². The zero-order valence-corrected chi connectivity index (χ0v) is 13.5. The van der Waals surface area contributed by atoms with E-state index in [9.17, 15) is 0 Å². The predicted octanol–water partition coefficient (Wildman–Crippen LogP) is 3.67. The van der Waals surface area contributed by atoms with Gasteiger partial charge in [-0.25, -0.2) is 0 Å². The molecule has 2 rings (SSSR count). The molecule has 0 radical (unpaired) electrons. The first-order valence-corrected chi connectivity index (χ1v) is 8.49. The molecule has 1 heterocycles. The topological polar surface area (TPSA) is 15.3 Å². The highest BCUT2D eigenvalue weighted by molar-refractivity contribution is 4.93. The van der Waals surface area contributed by atoms with Crippen LogP contribution in [0.15, 0.2) is 0 Å². The summed E-state index contributed by atoms with van der Waals surface area (Å²) in [5, 5.41) is 3.73. The lowest BCUT2D eigenvalue weighted by Gasteiger charge is -2.36. The lowest BCUT2D eigenvalue weighted by molar-refractivity contribution is 0.138. The second kappa shape index (κ2) is 6.58. The molecule has 3 unspecified atom stereocenters. The number of nitrogens with one attached hydrogen (secondary N) is 1. The molecule has 0 aromatic rings. The molecule has 2 nitrogen and oxygen atoms in total. The third-order valence-corrected chi connectivity index (χ3v) is 5.14. The second-order valence-corrected chi connectivity index (χ2v) is 7.76. The first-order valence-electron chi connectivity index (χ1n) is 8.49. The molecule has 3 atom stereocenters. The third kappa shape index (κ3) is 4.19. The van der Waals surface area contributed by atoms with Crippen LogP contribution in [0.2, 0.25) is 0 Å². The quantitative estimate of drug-likeness (QED) is 0.817. The summed E-state index contributed by atoms with van der Waals surface area (Å²) in [6, 6.07) is 1.56. The first kappa shape index (κ1) is 15.3. The Morgan fingerprint density at radius 1 is 1.21 bits per heavy atom. The molecule has 2 heteroatoms. The van der Waals surface area contributed by atoms with Crippen molar-refractivity contribution in [3.05, 3.63) is 0 Å². The highest BCUT2D eigenvalue weighted by Crippen LogP contribution is 2.43. The number of nitrogens with zero attached hydrogens (tertiary/aromatic N) is 1. The van der Waals surface area contributed by atoms with Crippen LogP contribution < -0.4 is 5.32 Å². The maximum Gasteiger partial charge on any atom is 0.0195 e. The number of rotatable bonds is 5. The Morgan fingerprint density at radius 2 is 2.00 bits per heavy atom. The summed E-state index contributed by atoms with van der Waals surface area (Å²) in [6.07, 6.45) is 8.25. The van der Waals surface area contributed by atoms with Crippen LogP contribution in [0.4, 0.5) is 0 Å². The number of hydrogen-bond acceptors (Lipinski definition) is 2. The molecule has 19 heavy (non-hydrogen) atoms. The summed E-state index contributed by atoms with van der Waals surface area (Å²) in [4.78, 5) is 2.81. The van der Waals surface area contributed by atoms with Crippen LogP contribution in [0.1, 0.15) is 66.2 Å². The summed E-state index contributed by atoms with van der Waals surface area (Å²) in [7, 11) is 0. The van der Waals surface area contributed by atoms with E-state index in [1.165, 1.54) is 58.2 Å². The minimum absolute atomic E-state index is 0.552. The monoisotopic (exact) mass is 266 g/mol. The average molecular weight is 266 g/mol. The molecule has 2 fully saturated rings. The van der Waals surface area contributed by atoms with Crippen LogP contribution >= 0.6 is 0 Å². The van der Waals surface area contributed by atoms with Gasteiger partial charge < -0.3 is 5.32 Å². The van der Waals surface area contributed by atoms with Gasteiger partial charge in [-0.1, -0.05) is 34.1 Å². The maximum atomic E-state index is 3.73. The van der Waals surface area contributed by atoms with Crippen LogP contribution in [-0.4, -0.2) is 36.6 Å². The van der Waals surface area contributed by atoms with Crippen molar-refractivity contribution >= 4 is 0 Å². The highest BCUT2D eigenvalue weighted by Gasteiger charge is 2.39. The van der Waals surface area contributed by atoms with Gasteiger partial charge in [-0.15, -0.1) is 0 Å². The van der Waals surface area contributed by atoms with Crippen molar-refractivity contribution in [2.45, 2.75) is 78.3 Å². The molecular formula is C17H34N2. The van der Waals surface area contributed by atoms with Gasteiger partial charge >= 0.3 is 0 Å². The molecule has 1 N–H and O–H groups in total. The summed E-state index contributed by atoms with van der Waals surface area (Å²) in [6.45, 7) is 13.5. The Balaban J connectivity index is 1.94. The van der Waals surface area contributed by atoms with E-state index in [1.807, 2.05) is 0 Å². The van der Waals surface area contributed by atoms with Crippen molar-refractivity contribution in [2.75, 3.05) is 19.6 Å². The first-order chi connectivity index (χ1) is 9.02. The normalized spacial score (nSPS) is 34.9. The predicted molar refractivity (Wildman–Crippen MR) is 83.5 cm³/mol. The van der Waals surface area contributed by atoms with Crippen LogP contribution in [0.25, 0.3) is 0 Å². The Morgan fingerprint density at radius 3 is 2.53 bits per heavy atom. The van der Waals surface area contributed by atoms with Crippen LogP contribution in [0.3, 0.4) is 0 Å². The fourth-order valence-electron chi connectivity index (χ4n) is 4.39. The lowest BCUT2D eigenvalue weighted by Crippen LogP contribution is -2.48. The summed E-state index contributed by atoms with van der Waals surface area (Å²) in [5.74, 6) is 0.866. The SMILES string of the molecule is CCCN(CC1CCCCN1)C1CC(C)(C)CC1C. The van der Waals surface area contributed by atoms with E-state index < -0.39 is 0 Å². The minimum Gasteiger partial charge on any atom is -0.313 e. The molecule has 1 saturated carbocycles. The van der Waals surface area contributed by atoms with Gasteiger partial charge in [0.25, 0.3) is 0 Å². The molecule has 0 amide bonds. The van der Waals surface area contributed by atoms with Gasteiger partial charge in [0, 0.05) is 18.6 Å². The van der Waals surface area contributed by atoms with E-state index in [4.69, 9.17) is 0 Å². The van der Waals surface area contributed by atoms with Crippen molar-refractivity contribution in [2.24, 2.45) is 11.3 Å². The van der Waals surface area contributed by atoms with Gasteiger partial charge in [0.15, 0.2) is 0 Å². The Bertz CT molecular complexity index is 268. The van der Waals surface area contributed by atoms with Gasteiger partial charge in [0.2, 0.25) is 0 Å². The van der Waals surface area contributed by atoms with Crippen LogP contribution in [-0.2, 0) is 0 Å². The van der Waals surface area contributed by atoms with Crippen LogP contribution in [0.5, 0.6) is 0 Å². The molecule has 1 aliphatic carbocycles. The molecule has 1 aliphatic heterocycles. The summed E-state index contributed by atoms with van der Waals surface area (Å²) >= 11 is 0. The van der Waals surface area contributed by atoms with Gasteiger partial charge in [0.1, 0.15) is 0 Å². The second-order valence-electron chi connectivity index (χ2n) is 7.76. The molecule has 0 spiro atoms. The summed E-state index contributed by atoms with van der Waals surface area (Å²) in [5.41, 5.74) is 0.552. The molecule has 1 saturated heterocycles. The van der Waals surface area contributed by atoms with Gasteiger partial charge in [-0.2, -0.15) is 0 Å². The molecule has 0 bridgehead atoms. The van der Waals surface area contributed by atoms with Crippen molar-refractivity contribution < 1.29 is 0 Å². The molecule has 2 aliphatic rings. The number of hydrogen-bond donors (Lipinski definition) is 1. The minimum atomic E-state index is 0.552. The van der Waals surface area contributed by atoms with E-state index in [-0.39, 0.29) is 0 Å². The number of piperidine rings is 1. The molecular weight excluding hydrogens is 232 g/mol. The highest BCUT2D eigenvalue weighted by atomic mass is 15.2. The fourth-order valence-corrected chi connectivity index (χ4v) is 4.39. The molecule has 112 valence electrons. The fraction of sp³-hybridized carbons (Fsp3) is 1.00. The Hall–Kier alpha value is -0.0800. The van der Waals surface area contributed by atoms with Gasteiger partial charge in [0.05, 0.1) is 0 Å². The largest absolute Gasteiger partial charge is 0.313 e. The zero-order chi connectivity index (χ0) is 13.9. The van der Waals surface area contributed by atoms with Crippen molar-refractivity contribution in [3.63, 3.8) is 0 Å². The zero-order valence-electron chi connectivity index (χ0n) is 13.5. The van der Waals surface area contributed by atoms with Gasteiger partial charge in [-0.05, 0) is 56.5 Å². The third-order valence-electron chi connectivity index (χ3n) is 5.14. The maximum absolute atomic E-state index is 3.73. The van der Waals surface area contributed by atoms with Crippen molar-refractivity contribution in [1.82, 2.24) is 10.2 Å². The summed E-state index contributed by atoms with van der Waals surface area (Å²) < 4.78 is 0. The standard InChI is InChI=1S/C17H34N2/c1-5-10-19(13-15-8-6-7-9-18-15)16-12-17(3,4)11-14(16)2/h14-16,18H,5-13H2,1-4H3. The average Bonchev–Trinajstić information content (AvgIpc) is 2.63. The smallest absolute Gasteiger partial charge is 0.0195 e. The van der Waals surface area contributed by atoms with Crippen molar-refractivity contribution in [3.8, 4) is 0 Å². The lowest BCUT2D eigenvalue weighted by atomic mass is 9.91. The Labute approximate surface area is 120 Å². The van der Waals surface area contributed by atoms with Gasteiger partial charge in [-0.3, -0.25) is 4.90 Å². The van der Waals surface area contributed by atoms with E-state index in [0.29, 0.717) is 5.41 Å². The molecule has 0 aromatic heterocycles. The van der Waals surface area contributed by atoms with E-state index in [2.05, 4.69) is 37.9 Å². The van der Waals surface area contributed by atoms with E-state index in [1.54, 1.807) is 0 Å². The molecule has 0 aromatic carbocycles. The Kier molecular flexibility index (Phi) is 5.30.